The highest BCUT2D eigenvalue weighted by atomic mass is 15.2. The summed E-state index contributed by atoms with van der Waals surface area (Å²) in [4.78, 5) is 2.46. The summed E-state index contributed by atoms with van der Waals surface area (Å²) in [5, 5.41) is 17.9. The van der Waals surface area contributed by atoms with Crippen LogP contribution in [0, 0.1) is 29.6 Å². The lowest BCUT2D eigenvalue weighted by Gasteiger charge is -2.47. The van der Waals surface area contributed by atoms with Crippen LogP contribution in [0.3, 0.4) is 0 Å². The van der Waals surface area contributed by atoms with Crippen LogP contribution in [-0.2, 0) is 0 Å². The van der Waals surface area contributed by atoms with Gasteiger partial charge in [-0.05, 0) is 74.9 Å². The normalized spacial score (nSPS) is 18.9. The number of nitriles is 2. The molecule has 22 heavy (non-hydrogen) atoms. The van der Waals surface area contributed by atoms with E-state index < -0.39 is 0 Å². The Hall–Kier alpha value is -2.26. The molecule has 0 saturated heterocycles. The van der Waals surface area contributed by atoms with E-state index in [1.165, 1.54) is 11.3 Å². The van der Waals surface area contributed by atoms with E-state index in [2.05, 4.69) is 44.7 Å². The predicted molar refractivity (Wildman–Crippen MR) is 90.5 cm³/mol. The number of allylic oxidation sites excluding steroid dienone is 1. The number of fused-ring (bicyclic) bond motifs is 1. The summed E-state index contributed by atoms with van der Waals surface area (Å²) in [7, 11) is 0. The zero-order valence-electron chi connectivity index (χ0n) is 14.1. The summed E-state index contributed by atoms with van der Waals surface area (Å²) >= 11 is 0. The first-order valence-electron chi connectivity index (χ1n) is 7.78. The average molecular weight is 293 g/mol. The number of rotatable bonds is 2. The molecule has 0 aromatic heterocycles. The summed E-state index contributed by atoms with van der Waals surface area (Å²) in [6, 6.07) is 8.24. The van der Waals surface area contributed by atoms with Gasteiger partial charge in [0.2, 0.25) is 0 Å². The largest absolute Gasteiger partial charge is 0.366 e. The van der Waals surface area contributed by atoms with E-state index in [1.54, 1.807) is 6.08 Å². The highest BCUT2D eigenvalue weighted by Crippen LogP contribution is 2.44. The Morgan fingerprint density at radius 1 is 1.36 bits per heavy atom. The molecule has 1 atom stereocenters. The van der Waals surface area contributed by atoms with Crippen LogP contribution < -0.4 is 4.90 Å². The maximum Gasteiger partial charge on any atom is 0.130 e. The Morgan fingerprint density at radius 2 is 2.00 bits per heavy atom. The first-order chi connectivity index (χ1) is 10.3. The first kappa shape index (κ1) is 16.1. The topological polar surface area (TPSA) is 50.8 Å². The van der Waals surface area contributed by atoms with E-state index in [0.29, 0.717) is 5.92 Å². The Balaban J connectivity index is 2.62. The standard InChI is InChI=1S/C19H23N3/c1-6-22-18-7-13(2)16(8-15(11-20)12-21)9-17(18)14(3)10-19(22,4)5/h7-9,14H,6,10H2,1-5H3/t14-/m0/s1. The van der Waals surface area contributed by atoms with E-state index in [1.807, 2.05) is 19.1 Å². The van der Waals surface area contributed by atoms with Crippen LogP contribution in [0.1, 0.15) is 56.7 Å². The van der Waals surface area contributed by atoms with Gasteiger partial charge in [-0.2, -0.15) is 10.5 Å². The van der Waals surface area contributed by atoms with Crippen molar-refractivity contribution in [2.45, 2.75) is 52.5 Å². The van der Waals surface area contributed by atoms with Crippen molar-refractivity contribution in [3.05, 3.63) is 34.4 Å². The van der Waals surface area contributed by atoms with Crippen molar-refractivity contribution >= 4 is 11.8 Å². The molecule has 2 rings (SSSR count). The minimum atomic E-state index is 0.148. The molecule has 1 aromatic rings. The minimum absolute atomic E-state index is 0.148. The summed E-state index contributed by atoms with van der Waals surface area (Å²) in [6.07, 6.45) is 2.79. The van der Waals surface area contributed by atoms with Gasteiger partial charge in [0.05, 0.1) is 0 Å². The molecule has 0 fully saturated rings. The number of anilines is 1. The second-order valence-electron chi connectivity index (χ2n) is 6.71. The van der Waals surface area contributed by atoms with Crippen LogP contribution in [0.4, 0.5) is 5.69 Å². The fraction of sp³-hybridized carbons (Fsp3) is 0.474. The zero-order chi connectivity index (χ0) is 16.5. The molecular formula is C19H23N3. The van der Waals surface area contributed by atoms with Crippen LogP contribution >= 0.6 is 0 Å². The number of benzene rings is 1. The Bertz CT molecular complexity index is 683. The van der Waals surface area contributed by atoms with Crippen LogP contribution in [0.15, 0.2) is 17.7 Å². The van der Waals surface area contributed by atoms with E-state index in [9.17, 15) is 0 Å². The van der Waals surface area contributed by atoms with E-state index >= 15 is 0 Å². The lowest BCUT2D eigenvalue weighted by Crippen LogP contribution is -2.48. The lowest BCUT2D eigenvalue weighted by atomic mass is 9.79. The molecule has 0 saturated carbocycles. The van der Waals surface area contributed by atoms with Gasteiger partial charge >= 0.3 is 0 Å². The maximum atomic E-state index is 8.97. The van der Waals surface area contributed by atoms with Gasteiger partial charge in [0.25, 0.3) is 0 Å². The maximum absolute atomic E-state index is 8.97. The molecule has 0 bridgehead atoms. The third-order valence-electron chi connectivity index (χ3n) is 4.63. The lowest BCUT2D eigenvalue weighted by molar-refractivity contribution is 0.381. The van der Waals surface area contributed by atoms with Crippen molar-refractivity contribution < 1.29 is 0 Å². The second kappa shape index (κ2) is 5.85. The predicted octanol–water partition coefficient (Wildman–Crippen LogP) is 4.54. The molecular weight excluding hydrogens is 270 g/mol. The molecule has 0 radical (unpaired) electrons. The van der Waals surface area contributed by atoms with Crippen molar-refractivity contribution in [3.8, 4) is 12.1 Å². The van der Waals surface area contributed by atoms with Gasteiger partial charge in [-0.25, -0.2) is 0 Å². The van der Waals surface area contributed by atoms with E-state index in [0.717, 1.165) is 24.1 Å². The van der Waals surface area contributed by atoms with Crippen molar-refractivity contribution in [2.75, 3.05) is 11.4 Å². The van der Waals surface area contributed by atoms with Crippen LogP contribution in [0.5, 0.6) is 0 Å². The molecule has 3 heteroatoms. The Labute approximate surface area is 133 Å². The molecule has 0 N–H and O–H groups in total. The third kappa shape index (κ3) is 2.72. The van der Waals surface area contributed by atoms with Crippen LogP contribution in [0.25, 0.3) is 6.08 Å². The molecule has 1 aliphatic heterocycles. The fourth-order valence-corrected chi connectivity index (χ4v) is 3.65. The fourth-order valence-electron chi connectivity index (χ4n) is 3.65. The van der Waals surface area contributed by atoms with Gasteiger partial charge in [-0.1, -0.05) is 6.92 Å². The van der Waals surface area contributed by atoms with Gasteiger partial charge in [0.15, 0.2) is 0 Å². The summed E-state index contributed by atoms with van der Waals surface area (Å²) < 4.78 is 0. The molecule has 0 spiro atoms. The minimum Gasteiger partial charge on any atom is -0.366 e. The molecule has 1 heterocycles. The average Bonchev–Trinajstić information content (AvgIpc) is 2.45. The number of hydrogen-bond donors (Lipinski definition) is 0. The van der Waals surface area contributed by atoms with E-state index in [-0.39, 0.29) is 11.1 Å². The van der Waals surface area contributed by atoms with Gasteiger partial charge in [-0.15, -0.1) is 0 Å². The van der Waals surface area contributed by atoms with Crippen LogP contribution in [-0.4, -0.2) is 12.1 Å². The summed E-state index contributed by atoms with van der Waals surface area (Å²) in [5.74, 6) is 0.466. The highest BCUT2D eigenvalue weighted by Gasteiger charge is 2.35. The van der Waals surface area contributed by atoms with E-state index in [4.69, 9.17) is 10.5 Å². The Kier molecular flexibility index (Phi) is 4.29. The molecule has 0 aliphatic carbocycles. The molecule has 1 aromatic carbocycles. The van der Waals surface area contributed by atoms with Gasteiger partial charge in [0.1, 0.15) is 17.7 Å². The quantitative estimate of drug-likeness (QED) is 0.752. The first-order valence-corrected chi connectivity index (χ1v) is 7.78. The van der Waals surface area contributed by atoms with Crippen molar-refractivity contribution in [1.82, 2.24) is 0 Å². The molecule has 114 valence electrons. The van der Waals surface area contributed by atoms with Gasteiger partial charge in [-0.3, -0.25) is 0 Å². The summed E-state index contributed by atoms with van der Waals surface area (Å²) in [6.45, 7) is 12.0. The monoisotopic (exact) mass is 293 g/mol. The van der Waals surface area contributed by atoms with Gasteiger partial charge < -0.3 is 4.90 Å². The van der Waals surface area contributed by atoms with Crippen molar-refractivity contribution in [2.24, 2.45) is 0 Å². The molecule has 1 aliphatic rings. The second-order valence-corrected chi connectivity index (χ2v) is 6.71. The van der Waals surface area contributed by atoms with Crippen LogP contribution in [0.2, 0.25) is 0 Å². The SMILES string of the molecule is CCN1c2cc(C)c(C=C(C#N)C#N)cc2[C@@H](C)CC1(C)C. The van der Waals surface area contributed by atoms with Crippen molar-refractivity contribution in [1.29, 1.82) is 10.5 Å². The third-order valence-corrected chi connectivity index (χ3v) is 4.63. The highest BCUT2D eigenvalue weighted by molar-refractivity contribution is 5.70. The number of aryl methyl sites for hydroxylation is 1. The number of hydrogen-bond acceptors (Lipinski definition) is 3. The molecule has 0 amide bonds. The number of nitrogens with zero attached hydrogens (tertiary/aromatic N) is 3. The Morgan fingerprint density at radius 3 is 2.55 bits per heavy atom. The smallest absolute Gasteiger partial charge is 0.130 e. The summed E-state index contributed by atoms with van der Waals surface area (Å²) in [5.41, 5.74) is 4.98. The van der Waals surface area contributed by atoms with Crippen molar-refractivity contribution in [3.63, 3.8) is 0 Å². The zero-order valence-corrected chi connectivity index (χ0v) is 14.1. The van der Waals surface area contributed by atoms with Gasteiger partial charge in [0, 0.05) is 17.8 Å². The molecule has 0 unspecified atom stereocenters. The molecule has 3 nitrogen and oxygen atoms in total.